The summed E-state index contributed by atoms with van der Waals surface area (Å²) < 4.78 is 0. The third-order valence-corrected chi connectivity index (χ3v) is 3.19. The van der Waals surface area contributed by atoms with Crippen molar-refractivity contribution in [2.45, 2.75) is 40.0 Å². The van der Waals surface area contributed by atoms with Crippen molar-refractivity contribution in [2.75, 3.05) is 0 Å². The zero-order valence-corrected chi connectivity index (χ0v) is 8.38. The maximum atomic E-state index is 8.98. The summed E-state index contributed by atoms with van der Waals surface area (Å²) in [6.07, 6.45) is 3.71. The van der Waals surface area contributed by atoms with E-state index in [4.69, 9.17) is 5.26 Å². The molecule has 0 aliphatic heterocycles. The fourth-order valence-electron chi connectivity index (χ4n) is 2.35. The lowest BCUT2D eigenvalue weighted by Crippen LogP contribution is -2.26. The predicted octanol–water partition coefficient (Wildman–Crippen LogP) is 3.22. The molecule has 12 heavy (non-hydrogen) atoms. The fraction of sp³-hybridized carbons (Fsp3) is 0.909. The van der Waals surface area contributed by atoms with E-state index in [9.17, 15) is 0 Å². The molecule has 1 nitrogen and oxygen atoms in total. The average Bonchev–Trinajstić information content (AvgIpc) is 2.03. The Bertz CT molecular complexity index is 178. The van der Waals surface area contributed by atoms with Crippen LogP contribution in [0.1, 0.15) is 40.0 Å². The van der Waals surface area contributed by atoms with Crippen LogP contribution >= 0.6 is 0 Å². The molecule has 1 aliphatic rings. The first-order valence-corrected chi connectivity index (χ1v) is 5.04. The van der Waals surface area contributed by atoms with E-state index >= 15 is 0 Å². The summed E-state index contributed by atoms with van der Waals surface area (Å²) in [5, 5.41) is 8.98. The van der Waals surface area contributed by atoms with Crippen molar-refractivity contribution < 1.29 is 0 Å². The molecular formula is C11H19N. The van der Waals surface area contributed by atoms with Gasteiger partial charge in [0.05, 0.1) is 6.07 Å². The first kappa shape index (κ1) is 9.58. The standard InChI is InChI=1S/C11H19N/c1-8(2)11-5-4-9(3)6-10(11)7-12/h8-11H,4-6H2,1-3H3/t9-,10?,11?/m1/s1. The molecule has 0 spiro atoms. The lowest BCUT2D eigenvalue weighted by molar-refractivity contribution is 0.183. The highest BCUT2D eigenvalue weighted by atomic mass is 14.4. The summed E-state index contributed by atoms with van der Waals surface area (Å²) in [6, 6.07) is 2.47. The van der Waals surface area contributed by atoms with Gasteiger partial charge >= 0.3 is 0 Å². The van der Waals surface area contributed by atoms with Gasteiger partial charge in [0.1, 0.15) is 0 Å². The minimum atomic E-state index is 0.328. The van der Waals surface area contributed by atoms with E-state index in [-0.39, 0.29) is 0 Å². The normalized spacial score (nSPS) is 36.4. The zero-order valence-electron chi connectivity index (χ0n) is 8.38. The smallest absolute Gasteiger partial charge is 0.0658 e. The molecule has 0 aromatic rings. The second-order valence-electron chi connectivity index (χ2n) is 4.56. The highest BCUT2D eigenvalue weighted by molar-refractivity contribution is 4.93. The average molecular weight is 165 g/mol. The third kappa shape index (κ3) is 2.00. The van der Waals surface area contributed by atoms with E-state index in [0.717, 1.165) is 12.3 Å². The second-order valence-corrected chi connectivity index (χ2v) is 4.56. The Hall–Kier alpha value is -0.510. The van der Waals surface area contributed by atoms with Crippen LogP contribution in [0, 0.1) is 35.0 Å². The largest absolute Gasteiger partial charge is 0.198 e. The van der Waals surface area contributed by atoms with E-state index in [2.05, 4.69) is 26.8 Å². The van der Waals surface area contributed by atoms with Gasteiger partial charge in [-0.05, 0) is 30.6 Å². The van der Waals surface area contributed by atoms with Crippen LogP contribution in [0.3, 0.4) is 0 Å². The molecule has 0 amide bonds. The Morgan fingerprint density at radius 2 is 2.00 bits per heavy atom. The molecule has 0 N–H and O–H groups in total. The Morgan fingerprint density at radius 3 is 2.50 bits per heavy atom. The number of hydrogen-bond donors (Lipinski definition) is 0. The van der Waals surface area contributed by atoms with Gasteiger partial charge < -0.3 is 0 Å². The van der Waals surface area contributed by atoms with Crippen LogP contribution in [0.15, 0.2) is 0 Å². The van der Waals surface area contributed by atoms with Crippen molar-refractivity contribution in [2.24, 2.45) is 23.7 Å². The Balaban J connectivity index is 2.58. The number of nitriles is 1. The van der Waals surface area contributed by atoms with Gasteiger partial charge in [-0.25, -0.2) is 0 Å². The molecule has 0 aromatic carbocycles. The molecule has 0 saturated heterocycles. The highest BCUT2D eigenvalue weighted by Crippen LogP contribution is 2.37. The summed E-state index contributed by atoms with van der Waals surface area (Å²) in [5.74, 6) is 2.44. The fourth-order valence-corrected chi connectivity index (χ4v) is 2.35. The van der Waals surface area contributed by atoms with E-state index < -0.39 is 0 Å². The van der Waals surface area contributed by atoms with Crippen LogP contribution in [-0.2, 0) is 0 Å². The minimum Gasteiger partial charge on any atom is -0.198 e. The molecule has 1 saturated carbocycles. The van der Waals surface area contributed by atoms with Gasteiger partial charge in [0, 0.05) is 5.92 Å². The second kappa shape index (κ2) is 3.94. The van der Waals surface area contributed by atoms with Crippen molar-refractivity contribution in [3.63, 3.8) is 0 Å². The molecule has 1 heteroatoms. The van der Waals surface area contributed by atoms with Crippen molar-refractivity contribution in [3.8, 4) is 6.07 Å². The molecular weight excluding hydrogens is 146 g/mol. The number of hydrogen-bond acceptors (Lipinski definition) is 1. The first-order chi connectivity index (χ1) is 5.65. The maximum absolute atomic E-state index is 8.98. The van der Waals surface area contributed by atoms with Gasteiger partial charge in [-0.2, -0.15) is 5.26 Å². The summed E-state index contributed by atoms with van der Waals surface area (Å²) in [6.45, 7) is 6.75. The van der Waals surface area contributed by atoms with Crippen LogP contribution < -0.4 is 0 Å². The summed E-state index contributed by atoms with van der Waals surface area (Å²) in [4.78, 5) is 0. The molecule has 2 unspecified atom stereocenters. The Kier molecular flexibility index (Phi) is 3.14. The number of nitrogens with zero attached hydrogens (tertiary/aromatic N) is 1. The summed E-state index contributed by atoms with van der Waals surface area (Å²) in [7, 11) is 0. The lowest BCUT2D eigenvalue weighted by atomic mass is 9.71. The zero-order chi connectivity index (χ0) is 9.14. The molecule has 3 atom stereocenters. The molecule has 0 radical (unpaired) electrons. The van der Waals surface area contributed by atoms with E-state index in [0.29, 0.717) is 17.8 Å². The van der Waals surface area contributed by atoms with Crippen LogP contribution in [-0.4, -0.2) is 0 Å². The monoisotopic (exact) mass is 165 g/mol. The van der Waals surface area contributed by atoms with Gasteiger partial charge in [-0.3, -0.25) is 0 Å². The van der Waals surface area contributed by atoms with E-state index in [1.54, 1.807) is 0 Å². The third-order valence-electron chi connectivity index (χ3n) is 3.19. The predicted molar refractivity (Wildman–Crippen MR) is 50.4 cm³/mol. The van der Waals surface area contributed by atoms with Crippen molar-refractivity contribution >= 4 is 0 Å². The lowest BCUT2D eigenvalue weighted by Gasteiger charge is -2.33. The molecule has 68 valence electrons. The molecule has 0 bridgehead atoms. The topological polar surface area (TPSA) is 23.8 Å². The summed E-state index contributed by atoms with van der Waals surface area (Å²) in [5.41, 5.74) is 0. The van der Waals surface area contributed by atoms with E-state index in [1.165, 1.54) is 12.8 Å². The quantitative estimate of drug-likeness (QED) is 0.585. The highest BCUT2D eigenvalue weighted by Gasteiger charge is 2.30. The molecule has 0 heterocycles. The molecule has 1 aliphatic carbocycles. The Labute approximate surface area is 75.8 Å². The van der Waals surface area contributed by atoms with Crippen molar-refractivity contribution in [1.29, 1.82) is 5.26 Å². The SMILES string of the molecule is CC(C)C1CC[C@@H](C)CC1C#N. The molecule has 0 aromatic heterocycles. The van der Waals surface area contributed by atoms with Gasteiger partial charge in [0.2, 0.25) is 0 Å². The molecule has 1 fully saturated rings. The maximum Gasteiger partial charge on any atom is 0.0658 e. The van der Waals surface area contributed by atoms with Gasteiger partial charge in [-0.15, -0.1) is 0 Å². The van der Waals surface area contributed by atoms with Gasteiger partial charge in [0.25, 0.3) is 0 Å². The van der Waals surface area contributed by atoms with Crippen LogP contribution in [0.25, 0.3) is 0 Å². The van der Waals surface area contributed by atoms with Crippen LogP contribution in [0.5, 0.6) is 0 Å². The first-order valence-electron chi connectivity index (χ1n) is 5.04. The van der Waals surface area contributed by atoms with Gasteiger partial charge in [0.15, 0.2) is 0 Å². The van der Waals surface area contributed by atoms with Crippen molar-refractivity contribution in [3.05, 3.63) is 0 Å². The van der Waals surface area contributed by atoms with Crippen LogP contribution in [0.2, 0.25) is 0 Å². The van der Waals surface area contributed by atoms with Gasteiger partial charge in [-0.1, -0.05) is 27.2 Å². The Morgan fingerprint density at radius 1 is 1.33 bits per heavy atom. The number of rotatable bonds is 1. The van der Waals surface area contributed by atoms with E-state index in [1.807, 2.05) is 0 Å². The summed E-state index contributed by atoms with van der Waals surface area (Å²) >= 11 is 0. The minimum absolute atomic E-state index is 0.328. The van der Waals surface area contributed by atoms with Crippen LogP contribution in [0.4, 0.5) is 0 Å². The molecule has 1 rings (SSSR count). The van der Waals surface area contributed by atoms with Crippen molar-refractivity contribution in [1.82, 2.24) is 0 Å².